The molecule has 5 nitrogen and oxygen atoms in total. The highest BCUT2D eigenvalue weighted by Gasteiger charge is 2.29. The van der Waals surface area contributed by atoms with Crippen molar-refractivity contribution in [2.24, 2.45) is 5.92 Å². The molecule has 0 amide bonds. The van der Waals surface area contributed by atoms with Crippen molar-refractivity contribution in [3.8, 4) is 0 Å². The molecule has 24 heavy (non-hydrogen) atoms. The number of rotatable bonds is 6. The number of aromatic nitrogens is 2. The molecule has 1 fully saturated rings. The first kappa shape index (κ1) is 16.7. The van der Waals surface area contributed by atoms with E-state index in [1.54, 1.807) is 0 Å². The second-order valence-electron chi connectivity index (χ2n) is 6.75. The van der Waals surface area contributed by atoms with Crippen LogP contribution in [-0.4, -0.2) is 39.3 Å². The van der Waals surface area contributed by atoms with Crippen LogP contribution < -0.4 is 0 Å². The van der Waals surface area contributed by atoms with Crippen LogP contribution in [0.3, 0.4) is 0 Å². The molecule has 2 aromatic rings. The first-order valence-electron chi connectivity index (χ1n) is 8.61. The Labute approximate surface area is 142 Å². The van der Waals surface area contributed by atoms with E-state index in [4.69, 9.17) is 0 Å². The van der Waals surface area contributed by atoms with Crippen LogP contribution in [0.5, 0.6) is 0 Å². The van der Waals surface area contributed by atoms with E-state index in [2.05, 4.69) is 27.2 Å². The highest BCUT2D eigenvalue weighted by atomic mass is 16.4. The number of nitrogens with one attached hydrogen (secondary N) is 1. The molecule has 0 radical (unpaired) electrons. The van der Waals surface area contributed by atoms with Gasteiger partial charge in [0.2, 0.25) is 0 Å². The summed E-state index contributed by atoms with van der Waals surface area (Å²) >= 11 is 0. The Kier molecular flexibility index (Phi) is 5.30. The molecule has 2 N–H and O–H groups in total. The lowest BCUT2D eigenvalue weighted by Gasteiger charge is -2.36. The van der Waals surface area contributed by atoms with E-state index < -0.39 is 5.97 Å². The lowest BCUT2D eigenvalue weighted by atomic mass is 9.78. The number of likely N-dealkylation sites (tertiary alicyclic amines) is 1. The largest absolute Gasteiger partial charge is 0.481 e. The minimum absolute atomic E-state index is 0.113. The maximum atomic E-state index is 11.3. The van der Waals surface area contributed by atoms with Crippen LogP contribution in [-0.2, 0) is 11.3 Å². The molecule has 0 aliphatic carbocycles. The van der Waals surface area contributed by atoms with Crippen LogP contribution >= 0.6 is 0 Å². The monoisotopic (exact) mass is 327 g/mol. The lowest BCUT2D eigenvalue weighted by molar-refractivity contribution is -0.137. The van der Waals surface area contributed by atoms with Gasteiger partial charge in [-0.1, -0.05) is 30.3 Å². The van der Waals surface area contributed by atoms with E-state index in [0.29, 0.717) is 5.92 Å². The fourth-order valence-electron chi connectivity index (χ4n) is 3.73. The molecule has 1 aromatic heterocycles. The van der Waals surface area contributed by atoms with Crippen molar-refractivity contribution in [3.05, 3.63) is 53.3 Å². The molecule has 1 aromatic carbocycles. The highest BCUT2D eigenvalue weighted by Crippen LogP contribution is 2.35. The summed E-state index contributed by atoms with van der Waals surface area (Å²) in [5.74, 6) is -0.160. The summed E-state index contributed by atoms with van der Waals surface area (Å²) in [6.45, 7) is 4.99. The van der Waals surface area contributed by atoms with Gasteiger partial charge in [-0.3, -0.25) is 14.8 Å². The molecule has 2 heterocycles. The number of aliphatic carboxylic acids is 1. The quantitative estimate of drug-likeness (QED) is 0.855. The van der Waals surface area contributed by atoms with Crippen LogP contribution in [0.15, 0.2) is 36.5 Å². The minimum Gasteiger partial charge on any atom is -0.481 e. The number of aryl methyl sites for hydroxylation is 1. The molecule has 1 atom stereocenters. The fraction of sp³-hybridized carbons (Fsp3) is 0.474. The summed E-state index contributed by atoms with van der Waals surface area (Å²) in [5, 5.41) is 16.4. The third-order valence-electron chi connectivity index (χ3n) is 5.15. The van der Waals surface area contributed by atoms with Crippen molar-refractivity contribution >= 4 is 5.97 Å². The molecule has 128 valence electrons. The van der Waals surface area contributed by atoms with E-state index in [-0.39, 0.29) is 12.3 Å². The van der Waals surface area contributed by atoms with Gasteiger partial charge in [-0.25, -0.2) is 0 Å². The third kappa shape index (κ3) is 4.03. The molecule has 1 aliphatic rings. The number of nitrogens with zero attached hydrogens (tertiary/aromatic N) is 2. The Hall–Kier alpha value is -2.14. The number of H-pyrrole nitrogens is 1. The van der Waals surface area contributed by atoms with Crippen molar-refractivity contribution in [2.75, 3.05) is 13.1 Å². The lowest BCUT2D eigenvalue weighted by Crippen LogP contribution is -2.35. The van der Waals surface area contributed by atoms with Gasteiger partial charge < -0.3 is 5.11 Å². The van der Waals surface area contributed by atoms with Crippen molar-refractivity contribution in [3.63, 3.8) is 0 Å². The summed E-state index contributed by atoms with van der Waals surface area (Å²) < 4.78 is 0. The Morgan fingerprint density at radius 1 is 1.33 bits per heavy atom. The molecule has 1 unspecified atom stereocenters. The van der Waals surface area contributed by atoms with Gasteiger partial charge in [0.1, 0.15) is 0 Å². The number of carboxylic acid groups (broad SMARTS) is 1. The first-order valence-corrected chi connectivity index (χ1v) is 8.61. The van der Waals surface area contributed by atoms with Crippen LogP contribution in [0.25, 0.3) is 0 Å². The van der Waals surface area contributed by atoms with Gasteiger partial charge in [-0.2, -0.15) is 5.10 Å². The second kappa shape index (κ2) is 7.62. The van der Waals surface area contributed by atoms with E-state index in [1.165, 1.54) is 5.56 Å². The number of carbonyl (C=O) groups is 1. The maximum absolute atomic E-state index is 11.3. The number of hydrogen-bond donors (Lipinski definition) is 2. The summed E-state index contributed by atoms with van der Waals surface area (Å²) in [4.78, 5) is 13.8. The van der Waals surface area contributed by atoms with E-state index in [9.17, 15) is 9.90 Å². The summed E-state index contributed by atoms with van der Waals surface area (Å²) in [5.41, 5.74) is 3.53. The number of carboxylic acids is 1. The molecule has 0 saturated carbocycles. The zero-order valence-electron chi connectivity index (χ0n) is 14.1. The standard InChI is InChI=1S/C19H25N3O2/c1-14-17(12-20-21-14)13-22-9-7-16(8-10-22)18(11-19(23)24)15-5-3-2-4-6-15/h2-6,12,16,18H,7-11,13H2,1H3,(H,20,21)(H,23,24). The smallest absolute Gasteiger partial charge is 0.303 e. The number of piperidine rings is 1. The SMILES string of the molecule is Cc1[nH]ncc1CN1CCC(C(CC(=O)O)c2ccccc2)CC1. The molecule has 0 spiro atoms. The van der Waals surface area contributed by atoms with Crippen LogP contribution in [0.1, 0.15) is 42.0 Å². The fourth-order valence-corrected chi connectivity index (χ4v) is 3.73. The Morgan fingerprint density at radius 3 is 2.62 bits per heavy atom. The molecule has 1 saturated heterocycles. The van der Waals surface area contributed by atoms with E-state index in [1.807, 2.05) is 31.3 Å². The number of hydrogen-bond acceptors (Lipinski definition) is 3. The molecule has 3 rings (SSSR count). The van der Waals surface area contributed by atoms with Crippen molar-refractivity contribution in [1.82, 2.24) is 15.1 Å². The molecule has 0 bridgehead atoms. The zero-order valence-corrected chi connectivity index (χ0v) is 14.1. The number of aromatic amines is 1. The second-order valence-corrected chi connectivity index (χ2v) is 6.75. The van der Waals surface area contributed by atoms with Gasteiger partial charge >= 0.3 is 5.97 Å². The summed E-state index contributed by atoms with van der Waals surface area (Å²) in [6, 6.07) is 10.1. The summed E-state index contributed by atoms with van der Waals surface area (Å²) in [7, 11) is 0. The van der Waals surface area contributed by atoms with E-state index in [0.717, 1.165) is 43.7 Å². The maximum Gasteiger partial charge on any atom is 0.303 e. The van der Waals surface area contributed by atoms with Crippen molar-refractivity contribution < 1.29 is 9.90 Å². The Balaban J connectivity index is 1.62. The molecule has 1 aliphatic heterocycles. The third-order valence-corrected chi connectivity index (χ3v) is 5.15. The van der Waals surface area contributed by atoms with Crippen LogP contribution in [0.4, 0.5) is 0 Å². The highest BCUT2D eigenvalue weighted by molar-refractivity contribution is 5.68. The minimum atomic E-state index is -0.708. The normalized spacial score (nSPS) is 17.7. The average molecular weight is 327 g/mol. The van der Waals surface area contributed by atoms with Crippen LogP contribution in [0.2, 0.25) is 0 Å². The predicted octanol–water partition coefficient (Wildman–Crippen LogP) is 3.19. The average Bonchev–Trinajstić information content (AvgIpc) is 2.99. The predicted molar refractivity (Wildman–Crippen MR) is 92.8 cm³/mol. The Bertz CT molecular complexity index is 660. The number of benzene rings is 1. The topological polar surface area (TPSA) is 69.2 Å². The van der Waals surface area contributed by atoms with Crippen molar-refractivity contribution in [2.45, 2.75) is 38.6 Å². The zero-order chi connectivity index (χ0) is 16.9. The van der Waals surface area contributed by atoms with Gasteiger partial charge in [0.15, 0.2) is 0 Å². The molecular weight excluding hydrogens is 302 g/mol. The van der Waals surface area contributed by atoms with Gasteiger partial charge in [-0.15, -0.1) is 0 Å². The van der Waals surface area contributed by atoms with E-state index >= 15 is 0 Å². The molecule has 5 heteroatoms. The van der Waals surface area contributed by atoms with Gasteiger partial charge in [0.25, 0.3) is 0 Å². The van der Waals surface area contributed by atoms with Crippen molar-refractivity contribution in [1.29, 1.82) is 0 Å². The van der Waals surface area contributed by atoms with Gasteiger partial charge in [0.05, 0.1) is 12.6 Å². The Morgan fingerprint density at radius 2 is 2.04 bits per heavy atom. The molecular formula is C19H25N3O2. The van der Waals surface area contributed by atoms with Gasteiger partial charge in [0, 0.05) is 17.8 Å². The van der Waals surface area contributed by atoms with Gasteiger partial charge in [-0.05, 0) is 50.3 Å². The summed E-state index contributed by atoms with van der Waals surface area (Å²) in [6.07, 6.45) is 4.21. The van der Waals surface area contributed by atoms with Crippen LogP contribution in [0, 0.1) is 12.8 Å². The first-order chi connectivity index (χ1) is 11.6.